The second kappa shape index (κ2) is 4.94. The van der Waals surface area contributed by atoms with E-state index in [0.717, 1.165) is 0 Å². The molecule has 1 heterocycles. The van der Waals surface area contributed by atoms with Crippen molar-refractivity contribution in [2.75, 3.05) is 7.11 Å². The van der Waals surface area contributed by atoms with Gasteiger partial charge in [0.2, 0.25) is 0 Å². The van der Waals surface area contributed by atoms with Crippen LogP contribution in [0.3, 0.4) is 0 Å². The van der Waals surface area contributed by atoms with Gasteiger partial charge < -0.3 is 18.9 Å². The molecule has 0 spiro atoms. The van der Waals surface area contributed by atoms with Gasteiger partial charge in [0, 0.05) is 0 Å². The van der Waals surface area contributed by atoms with Crippen LogP contribution in [0.4, 0.5) is 0 Å². The first-order chi connectivity index (χ1) is 8.06. The Balaban J connectivity index is 2.84. The first kappa shape index (κ1) is 15.1. The normalized spacial score (nSPS) is 26.8. The quantitative estimate of drug-likeness (QED) is 0.725. The van der Waals surface area contributed by atoms with Gasteiger partial charge in [0.05, 0.1) is 7.11 Å². The van der Waals surface area contributed by atoms with Crippen molar-refractivity contribution in [3.05, 3.63) is 24.7 Å². The van der Waals surface area contributed by atoms with Crippen molar-refractivity contribution in [3.8, 4) is 0 Å². The van der Waals surface area contributed by atoms with E-state index in [1.807, 2.05) is 34.6 Å². The third-order valence-corrected chi connectivity index (χ3v) is 2.43. The summed E-state index contributed by atoms with van der Waals surface area (Å²) in [7, 11) is 1.56. The van der Waals surface area contributed by atoms with E-state index in [4.69, 9.17) is 18.9 Å². The zero-order chi connectivity index (χ0) is 14.1. The van der Waals surface area contributed by atoms with E-state index in [1.54, 1.807) is 7.11 Å². The van der Waals surface area contributed by atoms with E-state index in [-0.39, 0.29) is 5.60 Å². The molecule has 1 saturated heterocycles. The number of ether oxygens (including phenoxy) is 4. The van der Waals surface area contributed by atoms with Crippen LogP contribution in [0.15, 0.2) is 24.7 Å². The SMILES string of the molecule is C=C(OC(C)(C)C)C1OC(C)(C)O[C@H]1C(=C)OC. The summed E-state index contributed by atoms with van der Waals surface area (Å²) in [6.07, 6.45) is -0.813. The lowest BCUT2D eigenvalue weighted by molar-refractivity contribution is -0.147. The van der Waals surface area contributed by atoms with Gasteiger partial charge in [-0.2, -0.15) is 0 Å². The van der Waals surface area contributed by atoms with Gasteiger partial charge in [-0.15, -0.1) is 0 Å². The van der Waals surface area contributed by atoms with E-state index in [1.165, 1.54) is 0 Å². The highest BCUT2D eigenvalue weighted by Crippen LogP contribution is 2.36. The minimum Gasteiger partial charge on any atom is -0.499 e. The number of hydrogen-bond acceptors (Lipinski definition) is 4. The van der Waals surface area contributed by atoms with Gasteiger partial charge in [0.15, 0.2) is 18.0 Å². The average molecular weight is 256 g/mol. The standard InChI is InChI=1S/C14H24O4/c1-9(15-8)11-12(18-14(6,7)17-11)10(2)16-13(3,4)5/h11-12H,1-2H2,3-8H3/t11-,12?/m0/s1. The largest absolute Gasteiger partial charge is 0.499 e. The van der Waals surface area contributed by atoms with Crippen LogP contribution in [0.5, 0.6) is 0 Å². The minimum absolute atomic E-state index is 0.327. The molecular weight excluding hydrogens is 232 g/mol. The maximum Gasteiger partial charge on any atom is 0.165 e. The third-order valence-electron chi connectivity index (χ3n) is 2.43. The van der Waals surface area contributed by atoms with Crippen LogP contribution in [0.2, 0.25) is 0 Å². The highest BCUT2D eigenvalue weighted by atomic mass is 16.8. The zero-order valence-electron chi connectivity index (χ0n) is 12.2. The Kier molecular flexibility index (Phi) is 4.13. The molecule has 0 amide bonds. The highest BCUT2D eigenvalue weighted by molar-refractivity contribution is 5.11. The fraction of sp³-hybridized carbons (Fsp3) is 0.714. The summed E-state index contributed by atoms with van der Waals surface area (Å²) in [5, 5.41) is 0. The average Bonchev–Trinajstić information content (AvgIpc) is 2.51. The van der Waals surface area contributed by atoms with Crippen LogP contribution < -0.4 is 0 Å². The van der Waals surface area contributed by atoms with Gasteiger partial charge in [-0.3, -0.25) is 0 Å². The topological polar surface area (TPSA) is 36.9 Å². The molecule has 0 N–H and O–H groups in total. The van der Waals surface area contributed by atoms with E-state index >= 15 is 0 Å². The molecule has 1 aliphatic heterocycles. The summed E-state index contributed by atoms with van der Waals surface area (Å²) in [5.74, 6) is 0.321. The molecule has 1 unspecified atom stereocenters. The lowest BCUT2D eigenvalue weighted by atomic mass is 10.1. The van der Waals surface area contributed by atoms with Crippen molar-refractivity contribution in [1.29, 1.82) is 0 Å². The molecule has 18 heavy (non-hydrogen) atoms. The Bertz CT molecular complexity index is 338. The van der Waals surface area contributed by atoms with Gasteiger partial charge in [0.25, 0.3) is 0 Å². The molecule has 0 aliphatic carbocycles. The second-order valence-electron chi connectivity index (χ2n) is 5.83. The fourth-order valence-corrected chi connectivity index (χ4v) is 1.80. The number of hydrogen-bond donors (Lipinski definition) is 0. The van der Waals surface area contributed by atoms with Crippen molar-refractivity contribution in [1.82, 2.24) is 0 Å². The second-order valence-corrected chi connectivity index (χ2v) is 5.83. The minimum atomic E-state index is -0.707. The Hall–Kier alpha value is -1.00. The van der Waals surface area contributed by atoms with Crippen LogP contribution in [0, 0.1) is 0 Å². The summed E-state index contributed by atoms with van der Waals surface area (Å²) in [5.41, 5.74) is -0.327. The predicted octanol–water partition coefficient (Wildman–Crippen LogP) is 3.00. The molecule has 1 rings (SSSR count). The Labute approximate surface area is 110 Å². The Morgan fingerprint density at radius 1 is 1.06 bits per heavy atom. The van der Waals surface area contributed by atoms with Crippen molar-refractivity contribution in [2.24, 2.45) is 0 Å². The summed E-state index contributed by atoms with van der Waals surface area (Å²) in [4.78, 5) is 0. The maximum absolute atomic E-state index is 5.80. The van der Waals surface area contributed by atoms with Gasteiger partial charge in [-0.05, 0) is 34.6 Å². The van der Waals surface area contributed by atoms with Gasteiger partial charge in [-0.25, -0.2) is 0 Å². The molecular formula is C14H24O4. The molecule has 0 aromatic heterocycles. The molecule has 4 nitrogen and oxygen atoms in total. The van der Waals surface area contributed by atoms with Gasteiger partial charge in [-0.1, -0.05) is 13.2 Å². The van der Waals surface area contributed by atoms with E-state index < -0.39 is 18.0 Å². The van der Waals surface area contributed by atoms with Crippen molar-refractivity contribution in [3.63, 3.8) is 0 Å². The van der Waals surface area contributed by atoms with E-state index in [0.29, 0.717) is 11.5 Å². The van der Waals surface area contributed by atoms with Crippen LogP contribution in [0.25, 0.3) is 0 Å². The van der Waals surface area contributed by atoms with E-state index in [9.17, 15) is 0 Å². The molecule has 0 radical (unpaired) electrons. The maximum atomic E-state index is 5.80. The lowest BCUT2D eigenvalue weighted by Gasteiger charge is -2.27. The highest BCUT2D eigenvalue weighted by Gasteiger charge is 2.46. The van der Waals surface area contributed by atoms with Gasteiger partial charge in [0.1, 0.15) is 17.1 Å². The summed E-state index contributed by atoms with van der Waals surface area (Å²) >= 11 is 0. The molecule has 0 aromatic rings. The number of rotatable bonds is 4. The fourth-order valence-electron chi connectivity index (χ4n) is 1.80. The molecule has 4 heteroatoms. The molecule has 0 bridgehead atoms. The van der Waals surface area contributed by atoms with Crippen molar-refractivity contribution in [2.45, 2.75) is 58.2 Å². The Morgan fingerprint density at radius 3 is 1.89 bits per heavy atom. The monoisotopic (exact) mass is 256 g/mol. The molecule has 0 saturated carbocycles. The molecule has 1 aliphatic rings. The summed E-state index contributed by atoms with van der Waals surface area (Å²) < 4.78 is 22.5. The van der Waals surface area contributed by atoms with Crippen molar-refractivity contribution >= 4 is 0 Å². The summed E-state index contributed by atoms with van der Waals surface area (Å²) in [6, 6.07) is 0. The van der Waals surface area contributed by atoms with E-state index in [2.05, 4.69) is 13.2 Å². The molecule has 1 fully saturated rings. The molecule has 104 valence electrons. The first-order valence-corrected chi connectivity index (χ1v) is 6.02. The van der Waals surface area contributed by atoms with Crippen LogP contribution in [-0.2, 0) is 18.9 Å². The van der Waals surface area contributed by atoms with Crippen LogP contribution in [-0.4, -0.2) is 30.7 Å². The van der Waals surface area contributed by atoms with Crippen LogP contribution >= 0.6 is 0 Å². The smallest absolute Gasteiger partial charge is 0.165 e. The molecule has 0 aromatic carbocycles. The zero-order valence-corrected chi connectivity index (χ0v) is 12.2. The predicted molar refractivity (Wildman–Crippen MR) is 70.0 cm³/mol. The summed E-state index contributed by atoms with van der Waals surface area (Å²) in [6.45, 7) is 17.3. The Morgan fingerprint density at radius 2 is 1.50 bits per heavy atom. The van der Waals surface area contributed by atoms with Crippen LogP contribution in [0.1, 0.15) is 34.6 Å². The van der Waals surface area contributed by atoms with Crippen molar-refractivity contribution < 1.29 is 18.9 Å². The molecule has 2 atom stereocenters. The third kappa shape index (κ3) is 3.75. The first-order valence-electron chi connectivity index (χ1n) is 6.02. The van der Waals surface area contributed by atoms with Gasteiger partial charge >= 0.3 is 0 Å². The lowest BCUT2D eigenvalue weighted by Crippen LogP contribution is -2.31. The number of methoxy groups -OCH3 is 1.